The van der Waals surface area contributed by atoms with Crippen LogP contribution in [0.5, 0.6) is 0 Å². The van der Waals surface area contributed by atoms with Gasteiger partial charge in [0, 0.05) is 5.41 Å². The Morgan fingerprint density at radius 1 is 1.12 bits per heavy atom. The van der Waals surface area contributed by atoms with E-state index in [0.717, 1.165) is 13.1 Å². The molecule has 0 aromatic rings. The van der Waals surface area contributed by atoms with Crippen molar-refractivity contribution in [3.05, 3.63) is 0 Å². The zero-order valence-electron chi connectivity index (χ0n) is 10.2. The van der Waals surface area contributed by atoms with Gasteiger partial charge >= 0.3 is 6.36 Å². The molecule has 0 aliphatic carbocycles. The summed E-state index contributed by atoms with van der Waals surface area (Å²) in [5, 5.41) is -0.714. The van der Waals surface area contributed by atoms with E-state index in [1.165, 1.54) is 20.8 Å². The van der Waals surface area contributed by atoms with Crippen LogP contribution in [0.15, 0.2) is 0 Å². The molecule has 0 aromatic heterocycles. The van der Waals surface area contributed by atoms with Crippen molar-refractivity contribution in [2.24, 2.45) is 5.41 Å². The highest BCUT2D eigenvalue weighted by atomic mass is 32.4. The predicted octanol–water partition coefficient (Wildman–Crippen LogP) is 2.21. The monoisotopic (exact) mass is 292 g/mol. The smallest absolute Gasteiger partial charge is 0.303 e. The molecule has 0 spiro atoms. The van der Waals surface area contributed by atoms with Gasteiger partial charge in [-0.1, -0.05) is 20.8 Å². The van der Waals surface area contributed by atoms with Gasteiger partial charge in [-0.15, -0.1) is 13.2 Å². The number of rotatable bonds is 3. The van der Waals surface area contributed by atoms with Crippen LogP contribution >= 0.6 is 0 Å². The lowest BCUT2D eigenvalue weighted by Crippen LogP contribution is -2.53. The van der Waals surface area contributed by atoms with Crippen LogP contribution < -0.4 is 0 Å². The van der Waals surface area contributed by atoms with E-state index in [1.807, 2.05) is 0 Å². The van der Waals surface area contributed by atoms with Crippen LogP contribution in [0, 0.1) is 5.41 Å². The third-order valence-corrected chi connectivity index (χ3v) is 10.1. The molecule has 0 atom stereocenters. The second-order valence-electron chi connectivity index (χ2n) is 5.07. The zero-order chi connectivity index (χ0) is 14.3. The Kier molecular flexibility index (Phi) is 4.25. The second-order valence-corrected chi connectivity index (χ2v) is 14.2. The SMILES string of the molecule is CC(C)(C)C(=O)[Si](C)(C)S(=O)(=O)OC(F)(F)F. The van der Waals surface area contributed by atoms with E-state index >= 15 is 0 Å². The number of carbonyl (C=O) groups excluding carboxylic acids is 1. The van der Waals surface area contributed by atoms with Crippen molar-refractivity contribution in [2.45, 2.75) is 40.2 Å². The Hall–Kier alpha value is -0.413. The molecule has 0 amide bonds. The van der Waals surface area contributed by atoms with Crippen molar-refractivity contribution >= 4 is 22.2 Å². The Morgan fingerprint density at radius 2 is 1.47 bits per heavy atom. The van der Waals surface area contributed by atoms with Crippen LogP contribution in [0.2, 0.25) is 13.1 Å². The maximum Gasteiger partial charge on any atom is 0.536 e. The molecule has 9 heteroatoms. The molecule has 0 aliphatic heterocycles. The van der Waals surface area contributed by atoms with Crippen molar-refractivity contribution in [3.63, 3.8) is 0 Å². The highest BCUT2D eigenvalue weighted by Crippen LogP contribution is 2.30. The van der Waals surface area contributed by atoms with E-state index in [1.54, 1.807) is 0 Å². The fourth-order valence-corrected chi connectivity index (χ4v) is 6.24. The van der Waals surface area contributed by atoms with E-state index in [0.29, 0.717) is 0 Å². The van der Waals surface area contributed by atoms with E-state index < -0.39 is 34.0 Å². The van der Waals surface area contributed by atoms with E-state index in [2.05, 4.69) is 4.18 Å². The Morgan fingerprint density at radius 3 is 1.71 bits per heavy atom. The summed E-state index contributed by atoms with van der Waals surface area (Å²) in [4.78, 5) is 11.9. The summed E-state index contributed by atoms with van der Waals surface area (Å²) in [5.41, 5.74) is -1.03. The summed E-state index contributed by atoms with van der Waals surface area (Å²) >= 11 is 0. The number of carbonyl (C=O) groups is 1. The molecule has 0 rings (SSSR count). The molecule has 0 aliphatic rings. The van der Waals surface area contributed by atoms with Gasteiger partial charge in [-0.2, -0.15) is 4.18 Å². The third-order valence-electron chi connectivity index (χ3n) is 2.06. The molecule has 0 N–H and O–H groups in total. The summed E-state index contributed by atoms with van der Waals surface area (Å²) in [6.45, 7) is 6.41. The summed E-state index contributed by atoms with van der Waals surface area (Å²) < 4.78 is 61.9. The fraction of sp³-hybridized carbons (Fsp3) is 0.875. The highest BCUT2D eigenvalue weighted by molar-refractivity contribution is 8.21. The van der Waals surface area contributed by atoms with Crippen LogP contribution in [0.4, 0.5) is 13.2 Å². The maximum atomic E-state index is 12.0. The first kappa shape index (κ1) is 16.6. The van der Waals surface area contributed by atoms with Crippen molar-refractivity contribution < 1.29 is 30.6 Å². The van der Waals surface area contributed by atoms with Crippen LogP contribution in [-0.2, 0) is 18.5 Å². The first-order chi connectivity index (χ1) is 7.11. The molecular weight excluding hydrogens is 277 g/mol. The molecule has 0 aromatic carbocycles. The molecule has 17 heavy (non-hydrogen) atoms. The average Bonchev–Trinajstić information content (AvgIpc) is 1.95. The Labute approximate surface area is 98.9 Å². The van der Waals surface area contributed by atoms with Gasteiger partial charge in [0.1, 0.15) is 5.41 Å². The number of halogens is 3. The largest absolute Gasteiger partial charge is 0.536 e. The van der Waals surface area contributed by atoms with Gasteiger partial charge in [0.15, 0.2) is 0 Å². The van der Waals surface area contributed by atoms with Gasteiger partial charge in [-0.3, -0.25) is 0 Å². The minimum absolute atomic E-state index is 0.714. The zero-order valence-corrected chi connectivity index (χ0v) is 12.0. The molecule has 0 bridgehead atoms. The van der Waals surface area contributed by atoms with Gasteiger partial charge in [0.05, 0.1) is 0 Å². The fourth-order valence-electron chi connectivity index (χ4n) is 1.25. The van der Waals surface area contributed by atoms with Crippen molar-refractivity contribution in [3.8, 4) is 0 Å². The lowest BCUT2D eigenvalue weighted by molar-refractivity contribution is -0.271. The Bertz CT molecular complexity index is 405. The minimum Gasteiger partial charge on any atom is -0.303 e. The number of hydrogen-bond donors (Lipinski definition) is 0. The summed E-state index contributed by atoms with van der Waals surface area (Å²) in [6, 6.07) is 0. The second kappa shape index (κ2) is 4.36. The van der Waals surface area contributed by atoms with Crippen molar-refractivity contribution in [1.29, 1.82) is 0 Å². The quantitative estimate of drug-likeness (QED) is 0.748. The lowest BCUT2D eigenvalue weighted by Gasteiger charge is -2.27. The molecule has 0 saturated heterocycles. The van der Waals surface area contributed by atoms with Gasteiger partial charge < -0.3 is 4.79 Å². The highest BCUT2D eigenvalue weighted by Gasteiger charge is 2.54. The topological polar surface area (TPSA) is 60.4 Å². The molecule has 4 nitrogen and oxygen atoms in total. The molecule has 0 saturated carbocycles. The molecule has 0 radical (unpaired) electrons. The van der Waals surface area contributed by atoms with Gasteiger partial charge in [-0.05, 0) is 13.1 Å². The maximum absolute atomic E-state index is 12.0. The van der Waals surface area contributed by atoms with Crippen LogP contribution in [0.1, 0.15) is 20.8 Å². The minimum atomic E-state index is -5.30. The van der Waals surface area contributed by atoms with Crippen molar-refractivity contribution in [1.82, 2.24) is 0 Å². The summed E-state index contributed by atoms with van der Waals surface area (Å²) in [5.74, 6) is 0. The van der Waals surface area contributed by atoms with Crippen LogP contribution in [0.3, 0.4) is 0 Å². The normalized spacial score (nSPS) is 14.8. The van der Waals surface area contributed by atoms with Crippen molar-refractivity contribution in [2.75, 3.05) is 0 Å². The first-order valence-electron chi connectivity index (χ1n) is 4.68. The van der Waals surface area contributed by atoms with E-state index in [9.17, 15) is 26.4 Å². The lowest BCUT2D eigenvalue weighted by atomic mass is 9.99. The summed E-state index contributed by atoms with van der Waals surface area (Å²) in [6.07, 6.45) is -5.30. The average molecular weight is 292 g/mol. The molecule has 0 unspecified atom stereocenters. The van der Waals surface area contributed by atoms with Crippen LogP contribution in [-0.4, -0.2) is 27.4 Å². The van der Waals surface area contributed by atoms with E-state index in [4.69, 9.17) is 0 Å². The third kappa shape index (κ3) is 4.07. The molecule has 0 fully saturated rings. The molecule has 102 valence electrons. The molecule has 0 heterocycles. The van der Waals surface area contributed by atoms with Gasteiger partial charge in [-0.25, -0.2) is 8.42 Å². The standard InChI is InChI=1S/C8H15F3O4SSi/c1-7(2,3)6(12)17(4,5)16(13,14)15-8(9,10)11/h1-5H3. The van der Waals surface area contributed by atoms with Gasteiger partial charge in [0.25, 0.3) is 7.22 Å². The summed E-state index contributed by atoms with van der Waals surface area (Å²) in [7, 11) is -8.82. The number of alkyl halides is 3. The number of hydrogen-bond acceptors (Lipinski definition) is 4. The Balaban J connectivity index is 5.41. The first-order valence-corrected chi connectivity index (χ1v) is 9.81. The predicted molar refractivity (Wildman–Crippen MR) is 58.0 cm³/mol. The molecular formula is C8H15F3O4SSi. The van der Waals surface area contributed by atoms with E-state index in [-0.39, 0.29) is 0 Å². The van der Waals surface area contributed by atoms with Crippen LogP contribution in [0.25, 0.3) is 0 Å². The van der Waals surface area contributed by atoms with Gasteiger partial charge in [0.2, 0.25) is 9.57 Å².